The predicted molar refractivity (Wildman–Crippen MR) is 152 cm³/mol. The van der Waals surface area contributed by atoms with Crippen LogP contribution in [0.3, 0.4) is 0 Å². The van der Waals surface area contributed by atoms with Crippen molar-refractivity contribution in [1.82, 2.24) is 19.8 Å². The molecular formula is C29H38ClN5O4. The number of rotatable bonds is 6. The number of benzene rings is 1. The van der Waals surface area contributed by atoms with E-state index in [1.54, 1.807) is 23.1 Å². The minimum atomic E-state index is -0.723. The Labute approximate surface area is 235 Å². The minimum Gasteiger partial charge on any atom is -0.444 e. The summed E-state index contributed by atoms with van der Waals surface area (Å²) in [7, 11) is 0. The van der Waals surface area contributed by atoms with Gasteiger partial charge in [0.2, 0.25) is 5.91 Å². The van der Waals surface area contributed by atoms with Crippen molar-refractivity contribution in [3.05, 3.63) is 58.5 Å². The summed E-state index contributed by atoms with van der Waals surface area (Å²) in [6.07, 6.45) is 2.09. The first-order valence-corrected chi connectivity index (χ1v) is 13.7. The fourth-order valence-electron chi connectivity index (χ4n) is 5.02. The van der Waals surface area contributed by atoms with Crippen molar-refractivity contribution in [3.63, 3.8) is 0 Å². The van der Waals surface area contributed by atoms with Gasteiger partial charge in [-0.25, -0.2) is 14.8 Å². The van der Waals surface area contributed by atoms with E-state index in [0.29, 0.717) is 36.9 Å². The van der Waals surface area contributed by atoms with Crippen molar-refractivity contribution in [2.75, 3.05) is 37.6 Å². The molecule has 1 fully saturated rings. The van der Waals surface area contributed by atoms with Crippen molar-refractivity contribution in [2.24, 2.45) is 0 Å². The van der Waals surface area contributed by atoms with Gasteiger partial charge in [0.05, 0.1) is 11.6 Å². The molecule has 0 unspecified atom stereocenters. The molecule has 4 rings (SSSR count). The number of anilines is 1. The van der Waals surface area contributed by atoms with Gasteiger partial charge in [0.1, 0.15) is 23.9 Å². The van der Waals surface area contributed by atoms with Gasteiger partial charge in [0, 0.05) is 49.4 Å². The Hall–Kier alpha value is -3.17. The summed E-state index contributed by atoms with van der Waals surface area (Å²) >= 11 is 6.14. The number of ether oxygens (including phenoxy) is 1. The second-order valence-electron chi connectivity index (χ2n) is 11.4. The van der Waals surface area contributed by atoms with Gasteiger partial charge in [-0.05, 0) is 70.9 Å². The number of carbonyl (C=O) groups excluding carboxylic acids is 2. The number of halogens is 1. The normalized spacial score (nSPS) is 18.1. The van der Waals surface area contributed by atoms with Gasteiger partial charge in [-0.15, -0.1) is 0 Å². The molecule has 2 heterocycles. The Balaban J connectivity index is 1.54. The molecule has 1 aromatic carbocycles. The first-order chi connectivity index (χ1) is 18.4. The van der Waals surface area contributed by atoms with E-state index in [9.17, 15) is 14.7 Å². The molecule has 39 heavy (non-hydrogen) atoms. The molecule has 1 saturated heterocycles. The average molecular weight is 556 g/mol. The molecule has 0 spiro atoms. The van der Waals surface area contributed by atoms with Crippen LogP contribution in [0.2, 0.25) is 5.02 Å². The molecule has 1 aliphatic carbocycles. The number of piperazine rings is 1. The van der Waals surface area contributed by atoms with E-state index >= 15 is 0 Å². The second kappa shape index (κ2) is 11.5. The highest BCUT2D eigenvalue weighted by Crippen LogP contribution is 2.38. The van der Waals surface area contributed by atoms with Crippen molar-refractivity contribution in [3.8, 4) is 0 Å². The van der Waals surface area contributed by atoms with Gasteiger partial charge >= 0.3 is 6.09 Å². The lowest BCUT2D eigenvalue weighted by molar-refractivity contribution is -0.133. The third kappa shape index (κ3) is 6.53. The lowest BCUT2D eigenvalue weighted by Gasteiger charge is -2.39. The maximum atomic E-state index is 14.0. The maximum absolute atomic E-state index is 14.0. The number of aliphatic hydroxyl groups excluding tert-OH is 1. The van der Waals surface area contributed by atoms with Crippen LogP contribution in [-0.2, 0) is 9.53 Å². The van der Waals surface area contributed by atoms with E-state index in [1.807, 2.05) is 58.6 Å². The van der Waals surface area contributed by atoms with E-state index in [-0.39, 0.29) is 18.5 Å². The highest BCUT2D eigenvalue weighted by atomic mass is 35.5. The number of fused-ring (bicyclic) bond motifs is 1. The molecular weight excluding hydrogens is 518 g/mol. The Bertz CT molecular complexity index is 1230. The lowest BCUT2D eigenvalue weighted by atomic mass is 9.96. The fourth-order valence-corrected chi connectivity index (χ4v) is 5.15. The van der Waals surface area contributed by atoms with E-state index < -0.39 is 23.7 Å². The summed E-state index contributed by atoms with van der Waals surface area (Å²) in [4.78, 5) is 41.5. The van der Waals surface area contributed by atoms with E-state index in [4.69, 9.17) is 16.3 Å². The number of nitrogens with zero attached hydrogens (tertiary/aromatic N) is 5. The molecule has 10 heteroatoms. The van der Waals surface area contributed by atoms with Crippen LogP contribution >= 0.6 is 11.6 Å². The predicted octanol–water partition coefficient (Wildman–Crippen LogP) is 4.66. The molecule has 2 amide bonds. The lowest BCUT2D eigenvalue weighted by Crippen LogP contribution is -2.52. The van der Waals surface area contributed by atoms with Gasteiger partial charge in [0.15, 0.2) is 0 Å². The monoisotopic (exact) mass is 555 g/mol. The number of allylic oxidation sites excluding steroid dienone is 1. The van der Waals surface area contributed by atoms with Crippen molar-refractivity contribution in [1.29, 1.82) is 0 Å². The van der Waals surface area contributed by atoms with Crippen LogP contribution in [0.25, 0.3) is 5.57 Å². The molecule has 2 aliphatic rings. The number of aliphatic hydroxyl groups is 1. The highest BCUT2D eigenvalue weighted by molar-refractivity contribution is 6.30. The number of aromatic nitrogens is 2. The van der Waals surface area contributed by atoms with Gasteiger partial charge < -0.3 is 24.5 Å². The van der Waals surface area contributed by atoms with Crippen LogP contribution < -0.4 is 4.90 Å². The number of hydrogen-bond donors (Lipinski definition) is 1. The molecule has 1 aromatic heterocycles. The van der Waals surface area contributed by atoms with Crippen LogP contribution in [0.4, 0.5) is 10.6 Å². The van der Waals surface area contributed by atoms with Crippen LogP contribution in [0.1, 0.15) is 70.4 Å². The van der Waals surface area contributed by atoms with Crippen LogP contribution in [0, 0.1) is 0 Å². The third-order valence-electron chi connectivity index (χ3n) is 7.03. The molecule has 210 valence electrons. The van der Waals surface area contributed by atoms with Gasteiger partial charge in [-0.1, -0.05) is 23.7 Å². The largest absolute Gasteiger partial charge is 0.444 e. The van der Waals surface area contributed by atoms with Gasteiger partial charge in [-0.3, -0.25) is 4.79 Å². The zero-order valence-corrected chi connectivity index (χ0v) is 24.3. The molecule has 2 aromatic rings. The Morgan fingerprint density at radius 2 is 1.77 bits per heavy atom. The first-order valence-electron chi connectivity index (χ1n) is 13.4. The third-order valence-corrected chi connectivity index (χ3v) is 7.28. The van der Waals surface area contributed by atoms with Gasteiger partial charge in [0.25, 0.3) is 0 Å². The number of carbonyl (C=O) groups is 2. The molecule has 0 saturated carbocycles. The summed E-state index contributed by atoms with van der Waals surface area (Å²) in [5.74, 6) is 0.153. The van der Waals surface area contributed by atoms with E-state index in [1.165, 1.54) is 6.33 Å². The first kappa shape index (κ1) is 28.8. The Kier molecular flexibility index (Phi) is 8.51. The molecule has 9 nitrogen and oxygen atoms in total. The zero-order chi connectivity index (χ0) is 28.5. The minimum absolute atomic E-state index is 0.0504. The molecule has 2 atom stereocenters. The van der Waals surface area contributed by atoms with Crippen LogP contribution in [0.5, 0.6) is 0 Å². The van der Waals surface area contributed by atoms with Crippen LogP contribution in [-0.4, -0.2) is 81.2 Å². The summed E-state index contributed by atoms with van der Waals surface area (Å²) in [6, 6.07) is 7.06. The van der Waals surface area contributed by atoms with Crippen LogP contribution in [0.15, 0.2) is 36.7 Å². The van der Waals surface area contributed by atoms with E-state index in [0.717, 1.165) is 22.5 Å². The average Bonchev–Trinajstić information content (AvgIpc) is 3.17. The summed E-state index contributed by atoms with van der Waals surface area (Å²) in [5, 5.41) is 10.9. The maximum Gasteiger partial charge on any atom is 0.410 e. The van der Waals surface area contributed by atoms with Crippen molar-refractivity contribution in [2.45, 2.75) is 65.2 Å². The molecule has 0 radical (unpaired) electrons. The SMILES string of the molecule is CC1=C[C@@H](O)c2ncnc(N3CCN(C(=O)[C@H](CN(C(=O)OC(C)(C)C)C(C)C)c4ccc(Cl)cc4)CC3)c21. The highest BCUT2D eigenvalue weighted by Gasteiger charge is 2.35. The molecule has 0 bridgehead atoms. The zero-order valence-electron chi connectivity index (χ0n) is 23.5. The van der Waals surface area contributed by atoms with Gasteiger partial charge in [-0.2, -0.15) is 0 Å². The van der Waals surface area contributed by atoms with Crippen molar-refractivity contribution >= 4 is 35.0 Å². The summed E-state index contributed by atoms with van der Waals surface area (Å²) in [6.45, 7) is 13.6. The quantitative estimate of drug-likeness (QED) is 0.553. The Morgan fingerprint density at radius 1 is 1.13 bits per heavy atom. The number of hydrogen-bond acceptors (Lipinski definition) is 7. The molecule has 1 N–H and O–H groups in total. The van der Waals surface area contributed by atoms with Crippen molar-refractivity contribution < 1.29 is 19.4 Å². The fraction of sp³-hybridized carbons (Fsp3) is 0.517. The second-order valence-corrected chi connectivity index (χ2v) is 11.8. The standard InChI is InChI=1S/C29H38ClN5O4/c1-18(2)35(28(38)39-29(4,5)6)16-22(20-7-9-21(30)10-8-20)27(37)34-13-11-33(12-14-34)26-24-19(3)15-23(36)25(24)31-17-32-26/h7-10,15,17-18,22-23,36H,11-14,16H2,1-6H3/t22-,23-/m1/s1. The summed E-state index contributed by atoms with van der Waals surface area (Å²) in [5.41, 5.74) is 2.59. The number of amides is 2. The Morgan fingerprint density at radius 3 is 2.36 bits per heavy atom. The smallest absolute Gasteiger partial charge is 0.410 e. The topological polar surface area (TPSA) is 99.1 Å². The molecule has 1 aliphatic heterocycles. The van der Waals surface area contributed by atoms with E-state index in [2.05, 4.69) is 14.9 Å². The summed E-state index contributed by atoms with van der Waals surface area (Å²) < 4.78 is 5.66.